The molecule has 6 heteroatoms. The third kappa shape index (κ3) is 3.26. The van der Waals surface area contributed by atoms with Crippen molar-refractivity contribution in [3.8, 4) is 0 Å². The fraction of sp³-hybridized carbons (Fsp3) is 0.474. The molecule has 1 amide bonds. The summed E-state index contributed by atoms with van der Waals surface area (Å²) in [4.78, 5) is 23.7. The molecule has 132 valence electrons. The lowest BCUT2D eigenvalue weighted by atomic mass is 10.1. The highest BCUT2D eigenvalue weighted by Crippen LogP contribution is 2.25. The van der Waals surface area contributed by atoms with Crippen LogP contribution in [0.3, 0.4) is 0 Å². The summed E-state index contributed by atoms with van der Waals surface area (Å²) in [7, 11) is 0. The molecular formula is C19H25N5O. The van der Waals surface area contributed by atoms with Gasteiger partial charge in [-0.3, -0.25) is 9.69 Å². The molecule has 1 saturated heterocycles. The molecular weight excluding hydrogens is 314 g/mol. The first-order valence-electron chi connectivity index (χ1n) is 9.05. The summed E-state index contributed by atoms with van der Waals surface area (Å²) in [5.74, 6) is 1.24. The molecule has 2 aromatic rings. The SMILES string of the molecule is CC1c2cccn2CCN1CC(=O)N1CCN(c2ccccn2)CC1. The minimum Gasteiger partial charge on any atom is -0.353 e. The predicted octanol–water partition coefficient (Wildman–Crippen LogP) is 1.61. The van der Waals surface area contributed by atoms with Crippen molar-refractivity contribution in [2.45, 2.75) is 19.5 Å². The number of pyridine rings is 1. The summed E-state index contributed by atoms with van der Waals surface area (Å²) in [5.41, 5.74) is 1.30. The maximum Gasteiger partial charge on any atom is 0.236 e. The molecule has 25 heavy (non-hydrogen) atoms. The summed E-state index contributed by atoms with van der Waals surface area (Å²) in [6.45, 7) is 7.84. The fourth-order valence-electron chi connectivity index (χ4n) is 3.84. The molecule has 4 rings (SSSR count). The first-order valence-corrected chi connectivity index (χ1v) is 9.05. The van der Waals surface area contributed by atoms with E-state index in [-0.39, 0.29) is 5.91 Å². The van der Waals surface area contributed by atoms with Gasteiger partial charge in [-0.25, -0.2) is 4.98 Å². The van der Waals surface area contributed by atoms with Gasteiger partial charge in [0.05, 0.1) is 6.54 Å². The minimum atomic E-state index is 0.243. The first kappa shape index (κ1) is 16.1. The van der Waals surface area contributed by atoms with Crippen LogP contribution in [0.2, 0.25) is 0 Å². The van der Waals surface area contributed by atoms with Gasteiger partial charge in [0.15, 0.2) is 0 Å². The van der Waals surface area contributed by atoms with Crippen LogP contribution in [0, 0.1) is 0 Å². The Morgan fingerprint density at radius 1 is 1.08 bits per heavy atom. The minimum absolute atomic E-state index is 0.243. The number of aromatic nitrogens is 2. The summed E-state index contributed by atoms with van der Waals surface area (Å²) in [6.07, 6.45) is 3.95. The van der Waals surface area contributed by atoms with Crippen molar-refractivity contribution in [2.24, 2.45) is 0 Å². The van der Waals surface area contributed by atoms with Crippen molar-refractivity contribution in [3.05, 3.63) is 48.4 Å². The van der Waals surface area contributed by atoms with Crippen molar-refractivity contribution in [1.29, 1.82) is 0 Å². The third-order valence-corrected chi connectivity index (χ3v) is 5.41. The van der Waals surface area contributed by atoms with Crippen LogP contribution in [0.25, 0.3) is 0 Å². The molecule has 2 aliphatic rings. The number of amides is 1. The lowest BCUT2D eigenvalue weighted by Gasteiger charge is -2.38. The van der Waals surface area contributed by atoms with Gasteiger partial charge in [0.2, 0.25) is 5.91 Å². The van der Waals surface area contributed by atoms with Gasteiger partial charge in [-0.2, -0.15) is 0 Å². The Labute approximate surface area is 148 Å². The van der Waals surface area contributed by atoms with Gasteiger partial charge < -0.3 is 14.4 Å². The van der Waals surface area contributed by atoms with Crippen LogP contribution in [0.1, 0.15) is 18.7 Å². The zero-order chi connectivity index (χ0) is 17.2. The first-order chi connectivity index (χ1) is 12.2. The van der Waals surface area contributed by atoms with Crippen LogP contribution in [-0.4, -0.2) is 64.5 Å². The van der Waals surface area contributed by atoms with E-state index in [0.717, 1.165) is 45.1 Å². The molecule has 0 saturated carbocycles. The Morgan fingerprint density at radius 3 is 2.68 bits per heavy atom. The van der Waals surface area contributed by atoms with Crippen molar-refractivity contribution >= 4 is 11.7 Å². The molecule has 0 bridgehead atoms. The van der Waals surface area contributed by atoms with Gasteiger partial charge in [-0.1, -0.05) is 6.07 Å². The average Bonchev–Trinajstić information content (AvgIpc) is 3.14. The highest BCUT2D eigenvalue weighted by molar-refractivity contribution is 5.78. The Hall–Kier alpha value is -2.34. The largest absolute Gasteiger partial charge is 0.353 e. The molecule has 1 unspecified atom stereocenters. The van der Waals surface area contributed by atoms with Gasteiger partial charge in [0.25, 0.3) is 0 Å². The molecule has 2 aromatic heterocycles. The van der Waals surface area contributed by atoms with Crippen LogP contribution >= 0.6 is 0 Å². The van der Waals surface area contributed by atoms with Gasteiger partial charge in [-0.05, 0) is 31.2 Å². The Kier molecular flexibility index (Phi) is 4.44. The van der Waals surface area contributed by atoms with E-state index >= 15 is 0 Å². The molecule has 1 fully saturated rings. The molecule has 0 spiro atoms. The lowest BCUT2D eigenvalue weighted by molar-refractivity contribution is -0.133. The van der Waals surface area contributed by atoms with Crippen molar-refractivity contribution in [1.82, 2.24) is 19.4 Å². The van der Waals surface area contributed by atoms with Gasteiger partial charge in [0, 0.05) is 63.4 Å². The zero-order valence-corrected chi connectivity index (χ0v) is 14.7. The highest BCUT2D eigenvalue weighted by atomic mass is 16.2. The Bertz CT molecular complexity index is 720. The monoisotopic (exact) mass is 339 g/mol. The second-order valence-electron chi connectivity index (χ2n) is 6.83. The molecule has 4 heterocycles. The Balaban J connectivity index is 1.32. The predicted molar refractivity (Wildman–Crippen MR) is 97.5 cm³/mol. The van der Waals surface area contributed by atoms with Crippen LogP contribution < -0.4 is 4.90 Å². The maximum atomic E-state index is 12.7. The van der Waals surface area contributed by atoms with Gasteiger partial charge >= 0.3 is 0 Å². The van der Waals surface area contributed by atoms with E-state index in [1.54, 1.807) is 0 Å². The molecule has 0 aliphatic carbocycles. The summed E-state index contributed by atoms with van der Waals surface area (Å²) < 4.78 is 2.29. The number of nitrogens with zero attached hydrogens (tertiary/aromatic N) is 5. The smallest absolute Gasteiger partial charge is 0.236 e. The van der Waals surface area contributed by atoms with Crippen molar-refractivity contribution in [3.63, 3.8) is 0 Å². The number of anilines is 1. The normalized spacial score (nSPS) is 21.2. The zero-order valence-electron chi connectivity index (χ0n) is 14.7. The molecule has 0 radical (unpaired) electrons. The Morgan fingerprint density at radius 2 is 1.92 bits per heavy atom. The summed E-state index contributed by atoms with van der Waals surface area (Å²) in [6, 6.07) is 10.5. The third-order valence-electron chi connectivity index (χ3n) is 5.41. The van der Waals surface area contributed by atoms with Crippen LogP contribution in [0.5, 0.6) is 0 Å². The number of fused-ring (bicyclic) bond motifs is 1. The second-order valence-corrected chi connectivity index (χ2v) is 6.83. The number of carbonyl (C=O) groups is 1. The standard InChI is InChI=1S/C19H25N5O/c1-16-17-5-4-8-21(17)9-14-24(16)15-19(25)23-12-10-22(11-13-23)18-6-2-3-7-20-18/h2-8,16H,9-15H2,1H3. The van der Waals surface area contributed by atoms with E-state index in [1.165, 1.54) is 5.69 Å². The average molecular weight is 339 g/mol. The number of rotatable bonds is 3. The molecule has 2 aliphatic heterocycles. The van der Waals surface area contributed by atoms with E-state index in [9.17, 15) is 4.79 Å². The van der Waals surface area contributed by atoms with Gasteiger partial charge in [0.1, 0.15) is 5.82 Å². The second kappa shape index (κ2) is 6.88. The van der Waals surface area contributed by atoms with Crippen LogP contribution in [-0.2, 0) is 11.3 Å². The fourth-order valence-corrected chi connectivity index (χ4v) is 3.84. The van der Waals surface area contributed by atoms with E-state index in [4.69, 9.17) is 0 Å². The van der Waals surface area contributed by atoms with Crippen molar-refractivity contribution in [2.75, 3.05) is 44.2 Å². The molecule has 6 nitrogen and oxygen atoms in total. The molecule has 0 N–H and O–H groups in total. The number of hydrogen-bond acceptors (Lipinski definition) is 4. The van der Waals surface area contributed by atoms with E-state index in [0.29, 0.717) is 12.6 Å². The van der Waals surface area contributed by atoms with Crippen LogP contribution in [0.15, 0.2) is 42.7 Å². The number of carbonyl (C=O) groups excluding carboxylic acids is 1. The molecule has 0 aromatic carbocycles. The topological polar surface area (TPSA) is 44.6 Å². The quantitative estimate of drug-likeness (QED) is 0.852. The van der Waals surface area contributed by atoms with E-state index in [1.807, 2.05) is 29.3 Å². The molecule has 1 atom stereocenters. The lowest BCUT2D eigenvalue weighted by Crippen LogP contribution is -2.52. The van der Waals surface area contributed by atoms with Gasteiger partial charge in [-0.15, -0.1) is 0 Å². The maximum absolute atomic E-state index is 12.7. The van der Waals surface area contributed by atoms with Crippen molar-refractivity contribution < 1.29 is 4.79 Å². The van der Waals surface area contributed by atoms with Crippen LogP contribution in [0.4, 0.5) is 5.82 Å². The van der Waals surface area contributed by atoms with E-state index in [2.05, 4.69) is 44.6 Å². The number of piperazine rings is 1. The summed E-state index contributed by atoms with van der Waals surface area (Å²) in [5, 5.41) is 0. The highest BCUT2D eigenvalue weighted by Gasteiger charge is 2.28. The van der Waals surface area contributed by atoms with E-state index < -0.39 is 0 Å². The number of hydrogen-bond donors (Lipinski definition) is 0. The summed E-state index contributed by atoms with van der Waals surface area (Å²) >= 11 is 0.